The van der Waals surface area contributed by atoms with E-state index in [1.807, 2.05) is 0 Å². The lowest BCUT2D eigenvalue weighted by atomic mass is 10.2. The number of carbonyl (C=O) groups is 1. The largest absolute Gasteiger partial charge is 0.495 e. The number of rotatable bonds is 14. The Labute approximate surface area is 345 Å². The molecule has 0 amide bonds. The summed E-state index contributed by atoms with van der Waals surface area (Å²) in [5, 5.41) is 13.0. The molecule has 0 saturated heterocycles. The van der Waals surface area contributed by atoms with E-state index in [1.54, 1.807) is 39.8 Å². The highest BCUT2D eigenvalue weighted by Gasteiger charge is 2.25. The molecule has 0 aliphatic carbocycles. The fourth-order valence-corrected chi connectivity index (χ4v) is 7.45. The van der Waals surface area contributed by atoms with Crippen LogP contribution in [0.1, 0.15) is 44.7 Å². The molecule has 0 bridgehead atoms. The van der Waals surface area contributed by atoms with Crippen molar-refractivity contribution in [2.75, 3.05) is 14.2 Å². The molecule has 2 N–H and O–H groups in total. The van der Waals surface area contributed by atoms with Crippen LogP contribution >= 0.6 is 23.2 Å². The summed E-state index contributed by atoms with van der Waals surface area (Å²) in [4.78, 5) is 16.6. The number of hydrogen-bond acceptors (Lipinski definition) is 15. The molecule has 0 aliphatic rings. The molecule has 4 aromatic rings. The molecule has 0 aromatic heterocycles. The van der Waals surface area contributed by atoms with E-state index in [4.69, 9.17) is 61.1 Å². The second-order valence-corrected chi connectivity index (χ2v) is 15.7. The van der Waals surface area contributed by atoms with Crippen LogP contribution in [0.4, 0.5) is 0 Å². The zero-order valence-corrected chi connectivity index (χ0v) is 35.3. The van der Waals surface area contributed by atoms with Crippen molar-refractivity contribution in [2.45, 2.75) is 57.3 Å². The van der Waals surface area contributed by atoms with Gasteiger partial charge >= 0.3 is 26.2 Å². The first-order valence-electron chi connectivity index (χ1n) is 17.0. The minimum Gasteiger partial charge on any atom is -0.495 e. The minimum atomic E-state index is -4.41. The van der Waals surface area contributed by atoms with Gasteiger partial charge in [0.2, 0.25) is 11.8 Å². The molecule has 0 spiro atoms. The number of nitrogens with two attached hydrogens (primary N) is 1. The van der Waals surface area contributed by atoms with Gasteiger partial charge in [-0.3, -0.25) is 0 Å². The Bertz CT molecular complexity index is 2480. The van der Waals surface area contributed by atoms with Crippen molar-refractivity contribution in [1.82, 2.24) is 5.17 Å². The number of nitrogens with zero attached hydrogens (tertiary/aromatic N) is 4. The first kappa shape index (κ1) is 44.9. The Morgan fingerprint density at radius 1 is 0.672 bits per heavy atom. The molecule has 0 fully saturated rings. The molecule has 58 heavy (non-hydrogen) atoms. The van der Waals surface area contributed by atoms with Gasteiger partial charge in [-0.15, -0.1) is 10.2 Å². The van der Waals surface area contributed by atoms with Crippen LogP contribution in [-0.2, 0) is 29.9 Å². The first-order chi connectivity index (χ1) is 27.4. The number of ether oxygens (including phenoxy) is 4. The maximum Gasteiger partial charge on any atom is 0.342 e. The second kappa shape index (κ2) is 19.6. The van der Waals surface area contributed by atoms with Gasteiger partial charge in [0, 0.05) is 41.9 Å². The van der Waals surface area contributed by atoms with Gasteiger partial charge in [0.15, 0.2) is 0 Å². The smallest absolute Gasteiger partial charge is 0.342 e. The Morgan fingerprint density at radius 2 is 1.10 bits per heavy atom. The predicted molar refractivity (Wildman–Crippen MR) is 216 cm³/mol. The van der Waals surface area contributed by atoms with E-state index in [0.717, 1.165) is 6.92 Å². The number of hydroxylamine groups is 1. The van der Waals surface area contributed by atoms with Crippen LogP contribution in [0.5, 0.6) is 34.5 Å². The van der Waals surface area contributed by atoms with Gasteiger partial charge < -0.3 is 37.9 Å². The van der Waals surface area contributed by atoms with Gasteiger partial charge in [-0.2, -0.15) is 16.8 Å². The number of methoxy groups -OCH3 is 2. The first-order valence-corrected chi connectivity index (χ1v) is 20.5. The van der Waals surface area contributed by atoms with E-state index in [0.29, 0.717) is 16.3 Å². The van der Waals surface area contributed by atoms with Crippen LogP contribution in [0.15, 0.2) is 97.9 Å². The lowest BCUT2D eigenvalue weighted by Crippen LogP contribution is -2.36. The molecule has 0 aliphatic heterocycles. The molecule has 0 heterocycles. The topological polar surface area (TPSA) is 216 Å². The molecule has 310 valence electrons. The molecular weight excluding hydrogens is 841 g/mol. The summed E-state index contributed by atoms with van der Waals surface area (Å²) in [7, 11) is -6.17. The van der Waals surface area contributed by atoms with Crippen LogP contribution in [-0.4, -0.2) is 60.0 Å². The lowest BCUT2D eigenvalue weighted by molar-refractivity contribution is -0.170. The molecule has 17 nitrogen and oxygen atoms in total. The van der Waals surface area contributed by atoms with E-state index in [2.05, 4.69) is 15.3 Å². The Kier molecular flexibility index (Phi) is 15.2. The normalized spacial score (nSPS) is 12.4. The Balaban J connectivity index is 1.57. The van der Waals surface area contributed by atoms with Crippen molar-refractivity contribution < 1.29 is 53.8 Å². The van der Waals surface area contributed by atoms with Crippen molar-refractivity contribution in [3.8, 4) is 34.5 Å². The zero-order valence-electron chi connectivity index (χ0n) is 32.2. The highest BCUT2D eigenvalue weighted by molar-refractivity contribution is 7.87. The van der Waals surface area contributed by atoms with Gasteiger partial charge in [0.25, 0.3) is 5.96 Å². The lowest BCUT2D eigenvalue weighted by Gasteiger charge is -2.17. The van der Waals surface area contributed by atoms with Crippen LogP contribution in [0.3, 0.4) is 0 Å². The third-order valence-electron chi connectivity index (χ3n) is 7.20. The summed E-state index contributed by atoms with van der Waals surface area (Å²) in [6, 6.07) is 16.9. The zero-order chi connectivity index (χ0) is 42.8. The van der Waals surface area contributed by atoms with Crippen molar-refractivity contribution in [2.24, 2.45) is 21.0 Å². The van der Waals surface area contributed by atoms with Crippen molar-refractivity contribution in [3.63, 3.8) is 0 Å². The van der Waals surface area contributed by atoms with Crippen LogP contribution in [0, 0.1) is 13.8 Å². The molecule has 0 atom stereocenters. The monoisotopic (exact) mass is 879 g/mol. The third-order valence-corrected chi connectivity index (χ3v) is 10.2. The summed E-state index contributed by atoms with van der Waals surface area (Å²) in [5.74, 6) is -1.23. The number of carbonyl (C=O) groups excluding carboxylic acids is 1. The number of hydrazone groups is 1. The van der Waals surface area contributed by atoms with E-state index < -0.39 is 32.2 Å². The summed E-state index contributed by atoms with van der Waals surface area (Å²) in [6.45, 7) is 7.86. The number of hydrogen-bond donors (Lipinski definition) is 1. The highest BCUT2D eigenvalue weighted by Crippen LogP contribution is 2.33. The van der Waals surface area contributed by atoms with Crippen LogP contribution in [0.25, 0.3) is 0 Å². The standard InChI is InChI=1S/C37H39Cl2N5O12S2/c1-8-35(52-27-14-22(3)16-29(20-27)55-57(46,47)33-18-25(38)10-12-31(33)50-6)41-42-37(40)44(54-24(5)45)43-36(9-2)53-28-15-23(4)17-30(21-28)56-58(48,49)34-19-26(39)11-13-32(34)51-7/h10-21H,8-9H2,1-7H3,(H2,40,42)/b41-35+,43-36+. The number of benzene rings is 4. The number of aryl methyl sites for hydroxylation is 2. The second-order valence-electron chi connectivity index (χ2n) is 11.8. The van der Waals surface area contributed by atoms with Gasteiger partial charge in [-0.25, -0.2) is 4.79 Å². The number of halogens is 2. The number of guanidine groups is 1. The van der Waals surface area contributed by atoms with E-state index >= 15 is 0 Å². The maximum absolute atomic E-state index is 13.2. The van der Waals surface area contributed by atoms with Crippen LogP contribution < -0.4 is 33.0 Å². The van der Waals surface area contributed by atoms with Gasteiger partial charge in [-0.1, -0.05) is 42.2 Å². The average Bonchev–Trinajstić information content (AvgIpc) is 3.14. The van der Waals surface area contributed by atoms with Crippen molar-refractivity contribution >= 4 is 67.2 Å². The summed E-state index contributed by atoms with van der Waals surface area (Å²) in [6.07, 6.45) is 0.300. The van der Waals surface area contributed by atoms with E-state index in [1.165, 1.54) is 74.9 Å². The molecule has 0 radical (unpaired) electrons. The van der Waals surface area contributed by atoms with Gasteiger partial charge in [0.05, 0.1) is 14.2 Å². The average molecular weight is 881 g/mol. The molecule has 4 rings (SSSR count). The third kappa shape index (κ3) is 12.4. The summed E-state index contributed by atoms with van der Waals surface area (Å²) in [5.41, 5.74) is 7.28. The fourth-order valence-electron chi connectivity index (χ4n) is 4.76. The predicted octanol–water partition coefficient (Wildman–Crippen LogP) is 7.16. The van der Waals surface area contributed by atoms with Crippen molar-refractivity contribution in [1.29, 1.82) is 0 Å². The molecular formula is C37H39Cl2N5O12S2. The van der Waals surface area contributed by atoms with Gasteiger partial charge in [-0.05, 0) is 90.8 Å². The Hall–Kier alpha value is -5.76. The van der Waals surface area contributed by atoms with Crippen LogP contribution in [0.2, 0.25) is 10.0 Å². The van der Waals surface area contributed by atoms with Crippen molar-refractivity contribution in [3.05, 3.63) is 94.0 Å². The fraction of sp³-hybridized carbons (Fsp3) is 0.243. The SMILES string of the molecule is CC/C(=N\N=C(/N)N(/N=C(\CC)Oc1cc(C)cc(OS(=O)(=O)c2cc(Cl)ccc2OC)c1)OC(C)=O)Oc1cc(C)cc(OS(=O)(=O)c2cc(Cl)ccc2OC)c1. The maximum atomic E-state index is 13.2. The Morgan fingerprint density at radius 3 is 1.52 bits per heavy atom. The van der Waals surface area contributed by atoms with E-state index in [-0.39, 0.29) is 79.0 Å². The molecule has 21 heteroatoms. The minimum absolute atomic E-state index is 0.00947. The molecule has 0 unspecified atom stereocenters. The highest BCUT2D eigenvalue weighted by atomic mass is 35.5. The molecule has 0 saturated carbocycles. The quantitative estimate of drug-likeness (QED) is 0.0576. The summed E-state index contributed by atoms with van der Waals surface area (Å²) < 4.78 is 85.6. The van der Waals surface area contributed by atoms with E-state index in [9.17, 15) is 21.6 Å². The summed E-state index contributed by atoms with van der Waals surface area (Å²) >= 11 is 12.1. The van der Waals surface area contributed by atoms with Gasteiger partial charge in [0.1, 0.15) is 44.3 Å². The molecule has 4 aromatic carbocycles.